The molecule has 13 heavy (non-hydrogen) atoms. The van der Waals surface area contributed by atoms with E-state index < -0.39 is 5.91 Å². The van der Waals surface area contributed by atoms with E-state index in [1.54, 1.807) is 25.1 Å². The molecule has 0 aromatic heterocycles. The Morgan fingerprint density at radius 3 is 2.54 bits per heavy atom. The van der Waals surface area contributed by atoms with Gasteiger partial charge in [0.2, 0.25) is 5.91 Å². The highest BCUT2D eigenvalue weighted by molar-refractivity contribution is 5.94. The van der Waals surface area contributed by atoms with Crippen LogP contribution in [0, 0.1) is 0 Å². The van der Waals surface area contributed by atoms with Crippen molar-refractivity contribution in [3.05, 3.63) is 23.8 Å². The number of aromatic hydroxyl groups is 1. The van der Waals surface area contributed by atoms with Crippen molar-refractivity contribution in [1.82, 2.24) is 0 Å². The van der Waals surface area contributed by atoms with E-state index in [0.717, 1.165) is 0 Å². The molecular weight excluding hydrogens is 168 g/mol. The van der Waals surface area contributed by atoms with Gasteiger partial charge in [0, 0.05) is 19.7 Å². The zero-order chi connectivity index (χ0) is 10.0. The van der Waals surface area contributed by atoms with E-state index in [1.165, 1.54) is 12.1 Å². The highest BCUT2D eigenvalue weighted by atomic mass is 16.3. The lowest BCUT2D eigenvalue weighted by molar-refractivity contribution is 0.100. The van der Waals surface area contributed by atoms with Crippen LogP contribution >= 0.6 is 0 Å². The van der Waals surface area contributed by atoms with E-state index in [2.05, 4.69) is 0 Å². The third-order valence-corrected chi connectivity index (χ3v) is 1.74. The van der Waals surface area contributed by atoms with Gasteiger partial charge < -0.3 is 15.7 Å². The van der Waals surface area contributed by atoms with E-state index in [1.807, 2.05) is 0 Å². The maximum atomic E-state index is 10.8. The van der Waals surface area contributed by atoms with Crippen LogP contribution in [0.15, 0.2) is 18.2 Å². The summed E-state index contributed by atoms with van der Waals surface area (Å²) in [6.07, 6.45) is 0. The molecule has 0 bridgehead atoms. The van der Waals surface area contributed by atoms with Crippen molar-refractivity contribution in [2.24, 2.45) is 5.73 Å². The summed E-state index contributed by atoms with van der Waals surface area (Å²) >= 11 is 0. The second-order valence-corrected chi connectivity index (χ2v) is 2.96. The summed E-state index contributed by atoms with van der Waals surface area (Å²) in [7, 11) is 3.56. The summed E-state index contributed by atoms with van der Waals surface area (Å²) in [5, 5.41) is 9.39. The summed E-state index contributed by atoms with van der Waals surface area (Å²) in [5.74, 6) is -0.363. The van der Waals surface area contributed by atoms with Gasteiger partial charge in [-0.15, -0.1) is 0 Å². The molecule has 4 heteroatoms. The number of hydrogen-bond donors (Lipinski definition) is 2. The Hall–Kier alpha value is -1.71. The van der Waals surface area contributed by atoms with Gasteiger partial charge in [0.25, 0.3) is 0 Å². The van der Waals surface area contributed by atoms with Gasteiger partial charge in [0.15, 0.2) is 0 Å². The summed E-state index contributed by atoms with van der Waals surface area (Å²) in [6.45, 7) is 0. The molecule has 70 valence electrons. The molecule has 0 saturated carbocycles. The number of carbonyl (C=O) groups is 1. The minimum atomic E-state index is -0.497. The van der Waals surface area contributed by atoms with Crippen LogP contribution in [0.2, 0.25) is 0 Å². The Bertz CT molecular complexity index is 334. The Balaban J connectivity index is 3.19. The average molecular weight is 180 g/mol. The maximum Gasteiger partial charge on any atom is 0.248 e. The van der Waals surface area contributed by atoms with E-state index in [9.17, 15) is 9.90 Å². The van der Waals surface area contributed by atoms with Crippen LogP contribution in [-0.4, -0.2) is 25.1 Å². The second-order valence-electron chi connectivity index (χ2n) is 2.96. The maximum absolute atomic E-state index is 10.8. The smallest absolute Gasteiger partial charge is 0.248 e. The van der Waals surface area contributed by atoms with E-state index in [0.29, 0.717) is 11.3 Å². The quantitative estimate of drug-likeness (QED) is 0.698. The topological polar surface area (TPSA) is 66.6 Å². The third kappa shape index (κ3) is 1.90. The van der Waals surface area contributed by atoms with Gasteiger partial charge >= 0.3 is 0 Å². The molecule has 0 fully saturated rings. The van der Waals surface area contributed by atoms with Crippen LogP contribution in [0.1, 0.15) is 10.4 Å². The first-order valence-electron chi connectivity index (χ1n) is 3.82. The van der Waals surface area contributed by atoms with Gasteiger partial charge in [-0.1, -0.05) is 0 Å². The van der Waals surface area contributed by atoms with E-state index in [4.69, 9.17) is 5.73 Å². The van der Waals surface area contributed by atoms with E-state index in [-0.39, 0.29) is 5.75 Å². The lowest BCUT2D eigenvalue weighted by atomic mass is 10.1. The molecule has 0 aliphatic rings. The van der Waals surface area contributed by atoms with E-state index >= 15 is 0 Å². The third-order valence-electron chi connectivity index (χ3n) is 1.74. The number of rotatable bonds is 2. The Morgan fingerprint density at radius 1 is 1.46 bits per heavy atom. The lowest BCUT2D eigenvalue weighted by Gasteiger charge is -2.14. The van der Waals surface area contributed by atoms with Gasteiger partial charge in [-0.25, -0.2) is 0 Å². The molecule has 0 aliphatic carbocycles. The van der Waals surface area contributed by atoms with Crippen LogP contribution in [-0.2, 0) is 0 Å². The number of benzene rings is 1. The van der Waals surface area contributed by atoms with Gasteiger partial charge in [-0.05, 0) is 18.2 Å². The van der Waals surface area contributed by atoms with Crippen molar-refractivity contribution in [2.75, 3.05) is 19.0 Å². The zero-order valence-electron chi connectivity index (χ0n) is 7.61. The standard InChI is InChI=1S/C9H12N2O2/c1-11(2)7-5-6(9(10)13)3-4-8(7)12/h3-5,12H,1-2H3,(H2,10,13). The minimum absolute atomic E-state index is 0.134. The number of phenols is 1. The fourth-order valence-electron chi connectivity index (χ4n) is 1.03. The molecular formula is C9H12N2O2. The number of anilines is 1. The molecule has 1 rings (SSSR count). The molecule has 0 radical (unpaired) electrons. The Morgan fingerprint density at radius 2 is 2.08 bits per heavy atom. The van der Waals surface area contributed by atoms with Crippen LogP contribution < -0.4 is 10.6 Å². The molecule has 0 spiro atoms. The molecule has 0 unspecified atom stereocenters. The molecule has 1 aromatic carbocycles. The lowest BCUT2D eigenvalue weighted by Crippen LogP contribution is -2.13. The Labute approximate surface area is 76.6 Å². The van der Waals surface area contributed by atoms with Crippen molar-refractivity contribution in [1.29, 1.82) is 0 Å². The highest BCUT2D eigenvalue weighted by Gasteiger charge is 2.07. The normalized spacial score (nSPS) is 9.69. The van der Waals surface area contributed by atoms with Crippen molar-refractivity contribution in [2.45, 2.75) is 0 Å². The molecule has 0 saturated heterocycles. The van der Waals surface area contributed by atoms with Crippen molar-refractivity contribution < 1.29 is 9.90 Å². The molecule has 0 heterocycles. The largest absolute Gasteiger partial charge is 0.506 e. The molecule has 0 atom stereocenters. The number of primary amides is 1. The number of phenolic OH excluding ortho intramolecular Hbond substituents is 1. The predicted octanol–water partition coefficient (Wildman–Crippen LogP) is 0.557. The van der Waals surface area contributed by atoms with Crippen molar-refractivity contribution in [3.63, 3.8) is 0 Å². The van der Waals surface area contributed by atoms with Crippen LogP contribution in [0.5, 0.6) is 5.75 Å². The first-order chi connectivity index (χ1) is 6.02. The van der Waals surface area contributed by atoms with Crippen LogP contribution in [0.25, 0.3) is 0 Å². The second kappa shape index (κ2) is 3.35. The number of nitrogens with zero attached hydrogens (tertiary/aromatic N) is 1. The minimum Gasteiger partial charge on any atom is -0.506 e. The zero-order valence-corrected chi connectivity index (χ0v) is 7.61. The van der Waals surface area contributed by atoms with Crippen LogP contribution in [0.3, 0.4) is 0 Å². The van der Waals surface area contributed by atoms with Gasteiger partial charge in [0.1, 0.15) is 5.75 Å². The van der Waals surface area contributed by atoms with Crippen molar-refractivity contribution >= 4 is 11.6 Å². The number of amides is 1. The molecule has 0 aliphatic heterocycles. The first kappa shape index (κ1) is 9.38. The summed E-state index contributed by atoms with van der Waals surface area (Å²) in [4.78, 5) is 12.5. The molecule has 1 aromatic rings. The first-order valence-corrected chi connectivity index (χ1v) is 3.82. The monoisotopic (exact) mass is 180 g/mol. The average Bonchev–Trinajstić information content (AvgIpc) is 2.04. The van der Waals surface area contributed by atoms with Gasteiger partial charge in [0.05, 0.1) is 5.69 Å². The predicted molar refractivity (Wildman–Crippen MR) is 51.0 cm³/mol. The van der Waals surface area contributed by atoms with Crippen LogP contribution in [0.4, 0.5) is 5.69 Å². The summed E-state index contributed by atoms with van der Waals surface area (Å²) < 4.78 is 0. The number of nitrogens with two attached hydrogens (primary N) is 1. The molecule has 1 amide bonds. The van der Waals surface area contributed by atoms with Gasteiger partial charge in [-0.2, -0.15) is 0 Å². The Kier molecular flexibility index (Phi) is 2.41. The van der Waals surface area contributed by atoms with Crippen molar-refractivity contribution in [3.8, 4) is 5.75 Å². The molecule has 3 N–H and O–H groups in total. The summed E-state index contributed by atoms with van der Waals surface area (Å²) in [6, 6.07) is 4.50. The number of hydrogen-bond acceptors (Lipinski definition) is 3. The fraction of sp³-hybridized carbons (Fsp3) is 0.222. The highest BCUT2D eigenvalue weighted by Crippen LogP contribution is 2.26. The number of carbonyl (C=O) groups excluding carboxylic acids is 1. The van der Waals surface area contributed by atoms with Gasteiger partial charge in [-0.3, -0.25) is 4.79 Å². The SMILES string of the molecule is CN(C)c1cc(C(N)=O)ccc1O. The fourth-order valence-corrected chi connectivity index (χ4v) is 1.03. The summed E-state index contributed by atoms with van der Waals surface area (Å²) in [5.41, 5.74) is 6.06. The molecule has 4 nitrogen and oxygen atoms in total.